The van der Waals surface area contributed by atoms with Crippen molar-refractivity contribution < 1.29 is 84.3 Å². The van der Waals surface area contributed by atoms with E-state index in [0.29, 0.717) is 12.8 Å². The van der Waals surface area contributed by atoms with Crippen LogP contribution >= 0.6 is 0 Å². The Morgan fingerprint density at radius 1 is 0.521 bits per heavy atom. The highest BCUT2D eigenvalue weighted by Gasteiger charge is 2.05. The summed E-state index contributed by atoms with van der Waals surface area (Å²) in [7, 11) is 0. The van der Waals surface area contributed by atoms with Crippen LogP contribution in [-0.4, -0.2) is 99.8 Å². The number of carboxylic acids is 8. The Morgan fingerprint density at radius 3 is 0.854 bits per heavy atom. The molecule has 0 aromatic heterocycles. The van der Waals surface area contributed by atoms with Gasteiger partial charge in [0, 0.05) is 32.6 Å². The maximum Gasteiger partial charge on any atom is 0.332 e. The number of rotatable bonds is 12. The van der Waals surface area contributed by atoms with E-state index >= 15 is 0 Å². The number of aliphatic carboxylic acids is 8. The molecule has 0 aliphatic rings. The predicted molar refractivity (Wildman–Crippen MR) is 177 cm³/mol. The van der Waals surface area contributed by atoms with E-state index in [1.807, 2.05) is 34.6 Å². The standard InChI is InChI=1S/3C5H10O2.2C4H8O2.C3H6O3.C3H6O2.C2H4O2/c1-4(2)3-5(6)7;1-3-4(2)5(6)7;1-2-3-4-5(6)7;1-3(2)4(5)6;1-2-3-4(5)6;1-2(4)3(5)6;1-2-3(4)5;1-2(3)4/h2*4H,3H2,1-2H3,(H,6,7);2-4H2,1H3,(H,6,7);3H,1-2H3,(H,5,6);2-3H2,1H3,(H,5,6);2,4H,1H3,(H,5,6);2H2,1H3,(H,4,5);1H3,(H,3,4). The molecular formula is C31H62O17. The van der Waals surface area contributed by atoms with E-state index in [-0.39, 0.29) is 30.6 Å². The molecule has 2 atom stereocenters. The lowest BCUT2D eigenvalue weighted by atomic mass is 10.1. The van der Waals surface area contributed by atoms with Crippen molar-refractivity contribution in [2.75, 3.05) is 0 Å². The van der Waals surface area contributed by atoms with E-state index in [0.717, 1.165) is 32.6 Å². The summed E-state index contributed by atoms with van der Waals surface area (Å²) >= 11 is 0. The van der Waals surface area contributed by atoms with Gasteiger partial charge in [0.2, 0.25) is 0 Å². The minimum absolute atomic E-state index is 0.181. The first-order valence-electron chi connectivity index (χ1n) is 15.1. The zero-order chi connectivity index (χ0) is 40.6. The van der Waals surface area contributed by atoms with Gasteiger partial charge in [-0.05, 0) is 32.1 Å². The van der Waals surface area contributed by atoms with Crippen LogP contribution in [-0.2, 0) is 38.4 Å². The summed E-state index contributed by atoms with van der Waals surface area (Å²) < 4.78 is 0. The van der Waals surface area contributed by atoms with Gasteiger partial charge in [0.05, 0.1) is 11.8 Å². The molecule has 17 nitrogen and oxygen atoms in total. The molecule has 17 heteroatoms. The van der Waals surface area contributed by atoms with Crippen molar-refractivity contribution in [3.8, 4) is 0 Å². The van der Waals surface area contributed by atoms with Crippen molar-refractivity contribution in [1.82, 2.24) is 0 Å². The van der Waals surface area contributed by atoms with Crippen LogP contribution in [0.25, 0.3) is 0 Å². The Morgan fingerprint density at radius 2 is 0.833 bits per heavy atom. The number of carboxylic acid groups (broad SMARTS) is 8. The zero-order valence-electron chi connectivity index (χ0n) is 30.3. The fraction of sp³-hybridized carbons (Fsp3) is 0.742. The summed E-state index contributed by atoms with van der Waals surface area (Å²) in [5, 5.41) is 71.1. The molecular weight excluding hydrogens is 644 g/mol. The highest BCUT2D eigenvalue weighted by Crippen LogP contribution is 1.98. The third kappa shape index (κ3) is 134. The second kappa shape index (κ2) is 47.1. The molecule has 288 valence electrons. The van der Waals surface area contributed by atoms with Gasteiger partial charge in [-0.3, -0.25) is 33.6 Å². The largest absolute Gasteiger partial charge is 0.481 e. The summed E-state index contributed by atoms with van der Waals surface area (Å²) in [6, 6.07) is 0. The van der Waals surface area contributed by atoms with Crippen LogP contribution in [0.2, 0.25) is 0 Å². The van der Waals surface area contributed by atoms with Crippen LogP contribution in [0.4, 0.5) is 0 Å². The van der Waals surface area contributed by atoms with Gasteiger partial charge in [0.15, 0.2) is 0 Å². The zero-order valence-corrected chi connectivity index (χ0v) is 30.3. The van der Waals surface area contributed by atoms with Crippen molar-refractivity contribution in [3.05, 3.63) is 0 Å². The van der Waals surface area contributed by atoms with Gasteiger partial charge in [-0.1, -0.05) is 68.7 Å². The van der Waals surface area contributed by atoms with Crippen molar-refractivity contribution in [3.63, 3.8) is 0 Å². The summed E-state index contributed by atoms with van der Waals surface area (Å²) in [4.78, 5) is 76.6. The molecule has 0 aromatic carbocycles. The van der Waals surface area contributed by atoms with Gasteiger partial charge in [0.25, 0.3) is 5.97 Å². The molecule has 0 heterocycles. The Balaban J connectivity index is -0.0000000638. The summed E-state index contributed by atoms with van der Waals surface area (Å²) in [6.07, 6.45) is 3.09. The van der Waals surface area contributed by atoms with Crippen LogP contribution in [0.3, 0.4) is 0 Å². The molecule has 9 N–H and O–H groups in total. The molecule has 0 amide bonds. The Kier molecular flexibility index (Phi) is 61.4. The van der Waals surface area contributed by atoms with Crippen molar-refractivity contribution in [2.24, 2.45) is 17.8 Å². The molecule has 0 aliphatic heterocycles. The molecule has 0 aliphatic carbocycles. The van der Waals surface area contributed by atoms with E-state index in [1.165, 1.54) is 6.92 Å². The molecule has 48 heavy (non-hydrogen) atoms. The van der Waals surface area contributed by atoms with Crippen LogP contribution < -0.4 is 0 Å². The van der Waals surface area contributed by atoms with E-state index in [4.69, 9.17) is 50.8 Å². The van der Waals surface area contributed by atoms with Gasteiger partial charge in [-0.2, -0.15) is 0 Å². The molecule has 2 unspecified atom stereocenters. The van der Waals surface area contributed by atoms with E-state index in [1.54, 1.807) is 27.7 Å². The quantitative estimate of drug-likeness (QED) is 0.127. The SMILES string of the molecule is CC(=O)O.CC(C)C(=O)O.CC(C)CC(=O)O.CC(O)C(=O)O.CCC(=O)O.CCC(C)C(=O)O.CCCC(=O)O.CCCCC(=O)O. The van der Waals surface area contributed by atoms with Gasteiger partial charge in [-0.25, -0.2) is 4.79 Å². The van der Waals surface area contributed by atoms with Gasteiger partial charge in [0.1, 0.15) is 6.10 Å². The molecule has 0 rings (SSSR count). The highest BCUT2D eigenvalue weighted by atomic mass is 16.4. The number of carbonyl (C=O) groups is 8. The fourth-order valence-electron chi connectivity index (χ4n) is 1.07. The van der Waals surface area contributed by atoms with Gasteiger partial charge < -0.3 is 46.0 Å². The van der Waals surface area contributed by atoms with Crippen molar-refractivity contribution >= 4 is 47.8 Å². The summed E-state index contributed by atoms with van der Waals surface area (Å²) in [6.45, 7) is 18.3. The molecule has 0 radical (unpaired) electrons. The Labute approximate surface area is 283 Å². The van der Waals surface area contributed by atoms with Gasteiger partial charge in [-0.15, -0.1) is 0 Å². The lowest BCUT2D eigenvalue weighted by molar-refractivity contribution is -0.145. The lowest BCUT2D eigenvalue weighted by Crippen LogP contribution is -2.13. The van der Waals surface area contributed by atoms with E-state index in [9.17, 15) is 33.6 Å². The molecule has 0 aromatic rings. The Hall–Kier alpha value is -4.28. The average molecular weight is 707 g/mol. The predicted octanol–water partition coefficient (Wildman–Crippen LogP) is 5.12. The molecule has 0 spiro atoms. The fourth-order valence-corrected chi connectivity index (χ4v) is 1.07. The van der Waals surface area contributed by atoms with Crippen LogP contribution in [0.15, 0.2) is 0 Å². The van der Waals surface area contributed by atoms with Crippen molar-refractivity contribution in [2.45, 2.75) is 134 Å². The number of aliphatic hydroxyl groups is 1. The third-order valence-electron chi connectivity index (χ3n) is 3.98. The first kappa shape index (κ1) is 62.5. The molecule has 0 saturated heterocycles. The van der Waals surface area contributed by atoms with E-state index in [2.05, 4.69) is 0 Å². The topological polar surface area (TPSA) is 319 Å². The first-order chi connectivity index (χ1) is 21.6. The molecule has 0 bridgehead atoms. The maximum atomic E-state index is 9.93. The minimum Gasteiger partial charge on any atom is -0.481 e. The maximum absolute atomic E-state index is 9.93. The smallest absolute Gasteiger partial charge is 0.332 e. The lowest BCUT2D eigenvalue weighted by Gasteiger charge is -1.96. The third-order valence-corrected chi connectivity index (χ3v) is 3.98. The first-order valence-corrected chi connectivity index (χ1v) is 15.1. The number of hydrogen-bond acceptors (Lipinski definition) is 9. The van der Waals surface area contributed by atoms with Gasteiger partial charge >= 0.3 is 41.8 Å². The van der Waals surface area contributed by atoms with Crippen LogP contribution in [0.5, 0.6) is 0 Å². The highest BCUT2D eigenvalue weighted by molar-refractivity contribution is 5.71. The second-order valence-electron chi connectivity index (χ2n) is 10.1. The average Bonchev–Trinajstić information content (AvgIpc) is 2.92. The number of aliphatic hydroxyl groups excluding tert-OH is 1. The second-order valence-corrected chi connectivity index (χ2v) is 10.1. The summed E-state index contributed by atoms with van der Waals surface area (Å²) in [5.74, 6) is -6.46. The van der Waals surface area contributed by atoms with Crippen LogP contribution in [0, 0.1) is 17.8 Å². The molecule has 0 saturated carbocycles. The normalized spacial score (nSPS) is 9.79. The summed E-state index contributed by atoms with van der Waals surface area (Å²) in [5.41, 5.74) is 0. The monoisotopic (exact) mass is 706 g/mol. The Bertz CT molecular complexity index is 813. The number of unbranched alkanes of at least 4 members (excludes halogenated alkanes) is 1. The number of hydrogen-bond donors (Lipinski definition) is 9. The molecule has 0 fully saturated rings. The van der Waals surface area contributed by atoms with Crippen LogP contribution in [0.1, 0.15) is 128 Å². The van der Waals surface area contributed by atoms with E-state index < -0.39 is 53.9 Å². The minimum atomic E-state index is -1.23. The van der Waals surface area contributed by atoms with Crippen molar-refractivity contribution in [1.29, 1.82) is 0 Å².